The molecule has 1 aromatic carbocycles. The van der Waals surface area contributed by atoms with Crippen molar-refractivity contribution in [3.63, 3.8) is 0 Å². The van der Waals surface area contributed by atoms with Gasteiger partial charge in [-0.2, -0.15) is 0 Å². The fourth-order valence-electron chi connectivity index (χ4n) is 2.33. The Bertz CT molecular complexity index is 522. The molecule has 0 fully saturated rings. The second-order valence-corrected chi connectivity index (χ2v) is 16.2. The number of fused-ring (bicyclic) bond motifs is 1. The van der Waals surface area contributed by atoms with Crippen LogP contribution in [0.25, 0.3) is 5.76 Å². The van der Waals surface area contributed by atoms with E-state index >= 15 is 0 Å². The molecule has 0 amide bonds. The van der Waals surface area contributed by atoms with Crippen molar-refractivity contribution < 1.29 is 8.85 Å². The molecule has 0 bridgehead atoms. The van der Waals surface area contributed by atoms with Gasteiger partial charge in [0.2, 0.25) is 16.6 Å². The van der Waals surface area contributed by atoms with Gasteiger partial charge in [0.25, 0.3) is 0 Å². The minimum absolute atomic E-state index is 1.01. The highest BCUT2D eigenvalue weighted by Gasteiger charge is 2.23. The number of hydrogen-bond acceptors (Lipinski definition) is 2. The fourth-order valence-corrected chi connectivity index (χ4v) is 4.02. The van der Waals surface area contributed by atoms with E-state index < -0.39 is 16.6 Å². The van der Waals surface area contributed by atoms with Crippen LogP contribution in [0.5, 0.6) is 5.75 Å². The minimum atomic E-state index is -1.56. The molecule has 0 saturated carbocycles. The van der Waals surface area contributed by atoms with E-state index in [1.807, 2.05) is 0 Å². The summed E-state index contributed by atoms with van der Waals surface area (Å²) in [5.74, 6) is 2.09. The number of aryl methyl sites for hydroxylation is 1. The highest BCUT2D eigenvalue weighted by molar-refractivity contribution is 6.70. The van der Waals surface area contributed by atoms with Gasteiger partial charge in [0.1, 0.15) is 11.5 Å². The molecule has 0 aliphatic heterocycles. The molecule has 0 unspecified atom stereocenters. The molecule has 20 heavy (non-hydrogen) atoms. The summed E-state index contributed by atoms with van der Waals surface area (Å²) < 4.78 is 12.3. The predicted molar refractivity (Wildman–Crippen MR) is 91.1 cm³/mol. The molecule has 0 heterocycles. The van der Waals surface area contributed by atoms with Crippen LogP contribution in [0, 0.1) is 0 Å². The summed E-state index contributed by atoms with van der Waals surface area (Å²) >= 11 is 0. The van der Waals surface area contributed by atoms with Gasteiger partial charge < -0.3 is 8.85 Å². The van der Waals surface area contributed by atoms with Crippen molar-refractivity contribution in [3.8, 4) is 5.75 Å². The van der Waals surface area contributed by atoms with Crippen LogP contribution >= 0.6 is 0 Å². The van der Waals surface area contributed by atoms with Crippen molar-refractivity contribution in [2.24, 2.45) is 0 Å². The first-order chi connectivity index (χ1) is 9.14. The van der Waals surface area contributed by atoms with Gasteiger partial charge >= 0.3 is 0 Å². The average Bonchev–Trinajstić information content (AvgIpc) is 2.24. The van der Waals surface area contributed by atoms with Gasteiger partial charge in [-0.1, -0.05) is 0 Å². The quantitative estimate of drug-likeness (QED) is 0.726. The Kier molecular flexibility index (Phi) is 4.16. The monoisotopic (exact) mass is 306 g/mol. The first-order valence-corrected chi connectivity index (χ1v) is 14.2. The van der Waals surface area contributed by atoms with Crippen molar-refractivity contribution in [1.29, 1.82) is 0 Å². The molecule has 2 nitrogen and oxygen atoms in total. The molecule has 0 atom stereocenters. The van der Waals surface area contributed by atoms with Gasteiger partial charge in [-0.25, -0.2) is 0 Å². The van der Waals surface area contributed by atoms with Gasteiger partial charge in [0, 0.05) is 5.56 Å². The molecule has 0 N–H and O–H groups in total. The van der Waals surface area contributed by atoms with E-state index in [9.17, 15) is 0 Å². The molecule has 110 valence electrons. The van der Waals surface area contributed by atoms with Crippen LogP contribution in [0.3, 0.4) is 0 Å². The smallest absolute Gasteiger partial charge is 0.242 e. The minimum Gasteiger partial charge on any atom is -0.544 e. The zero-order valence-corrected chi connectivity index (χ0v) is 15.5. The maximum Gasteiger partial charge on any atom is 0.242 e. The Morgan fingerprint density at radius 3 is 2.15 bits per heavy atom. The molecule has 0 saturated heterocycles. The summed E-state index contributed by atoms with van der Waals surface area (Å²) in [4.78, 5) is 0. The molecule has 0 spiro atoms. The Hall–Kier alpha value is -1.01. The first-order valence-electron chi connectivity index (χ1n) is 7.36. The van der Waals surface area contributed by atoms with Crippen LogP contribution < -0.4 is 4.43 Å². The second kappa shape index (κ2) is 5.41. The number of allylic oxidation sites excluding steroid dienone is 1. The maximum atomic E-state index is 6.21. The molecular weight excluding hydrogens is 280 g/mol. The zero-order valence-electron chi connectivity index (χ0n) is 13.5. The van der Waals surface area contributed by atoms with Gasteiger partial charge in [-0.05, 0) is 82.0 Å². The van der Waals surface area contributed by atoms with Crippen LogP contribution in [0.4, 0.5) is 0 Å². The molecule has 1 aromatic rings. The van der Waals surface area contributed by atoms with Gasteiger partial charge in [0.05, 0.1) is 0 Å². The molecule has 1 aliphatic carbocycles. The van der Waals surface area contributed by atoms with Crippen molar-refractivity contribution in [1.82, 2.24) is 0 Å². The largest absolute Gasteiger partial charge is 0.544 e. The van der Waals surface area contributed by atoms with Gasteiger partial charge in [0.15, 0.2) is 0 Å². The third-order valence-electron chi connectivity index (χ3n) is 2.93. The van der Waals surface area contributed by atoms with E-state index in [0.717, 1.165) is 24.4 Å². The first kappa shape index (κ1) is 15.4. The van der Waals surface area contributed by atoms with E-state index in [4.69, 9.17) is 8.85 Å². The van der Waals surface area contributed by atoms with Crippen LogP contribution in [0.2, 0.25) is 39.3 Å². The van der Waals surface area contributed by atoms with Crippen molar-refractivity contribution in [2.45, 2.75) is 52.1 Å². The molecule has 0 radical (unpaired) electrons. The van der Waals surface area contributed by atoms with E-state index in [-0.39, 0.29) is 0 Å². The van der Waals surface area contributed by atoms with Crippen molar-refractivity contribution >= 4 is 22.4 Å². The Morgan fingerprint density at radius 2 is 1.55 bits per heavy atom. The normalized spacial score (nSPS) is 15.4. The Balaban J connectivity index is 2.26. The summed E-state index contributed by atoms with van der Waals surface area (Å²) in [7, 11) is -3.10. The highest BCUT2D eigenvalue weighted by Crippen LogP contribution is 2.32. The Morgan fingerprint density at radius 1 is 0.900 bits per heavy atom. The third kappa shape index (κ3) is 4.25. The highest BCUT2D eigenvalue weighted by atomic mass is 28.4. The zero-order chi connectivity index (χ0) is 15.0. The molecule has 4 heteroatoms. The molecule has 2 rings (SSSR count). The van der Waals surface area contributed by atoms with E-state index in [1.54, 1.807) is 0 Å². The Labute approximate surface area is 125 Å². The van der Waals surface area contributed by atoms with Crippen molar-refractivity contribution in [2.75, 3.05) is 0 Å². The topological polar surface area (TPSA) is 18.5 Å². The summed E-state index contributed by atoms with van der Waals surface area (Å²) in [5.41, 5.74) is 2.61. The summed E-state index contributed by atoms with van der Waals surface area (Å²) in [5, 5.41) is 0. The standard InChI is InChI=1S/C16H26O2Si2/c1-19(2,3)17-14-10-11-15-13(12-14)8-7-9-16(15)18-20(4,5)6/h9-12H,7-8H2,1-6H3. The van der Waals surface area contributed by atoms with Crippen LogP contribution in [0.15, 0.2) is 24.3 Å². The van der Waals surface area contributed by atoms with E-state index in [2.05, 4.69) is 63.6 Å². The lowest BCUT2D eigenvalue weighted by atomic mass is 9.96. The lowest BCUT2D eigenvalue weighted by Crippen LogP contribution is -2.29. The molecule has 1 aliphatic rings. The number of hydrogen-bond donors (Lipinski definition) is 0. The lowest BCUT2D eigenvalue weighted by Gasteiger charge is -2.27. The fraction of sp³-hybridized carbons (Fsp3) is 0.500. The number of rotatable bonds is 4. The summed E-state index contributed by atoms with van der Waals surface area (Å²) in [6.07, 6.45) is 4.37. The van der Waals surface area contributed by atoms with E-state index in [0.29, 0.717) is 0 Å². The average molecular weight is 307 g/mol. The van der Waals surface area contributed by atoms with Gasteiger partial charge in [-0.15, -0.1) is 0 Å². The maximum absolute atomic E-state index is 6.21. The van der Waals surface area contributed by atoms with Gasteiger partial charge in [-0.3, -0.25) is 0 Å². The molecular formula is C16H26O2Si2. The van der Waals surface area contributed by atoms with Crippen LogP contribution in [-0.4, -0.2) is 16.6 Å². The summed E-state index contributed by atoms with van der Waals surface area (Å²) in [6, 6.07) is 6.45. The number of benzene rings is 1. The molecule has 0 aromatic heterocycles. The van der Waals surface area contributed by atoms with Crippen LogP contribution in [0.1, 0.15) is 17.5 Å². The SMILES string of the molecule is C[Si](C)(C)OC1=CCCc2cc(O[Si](C)(C)C)ccc21. The summed E-state index contributed by atoms with van der Waals surface area (Å²) in [6.45, 7) is 13.3. The third-order valence-corrected chi connectivity index (χ3v) is 4.61. The van der Waals surface area contributed by atoms with Crippen molar-refractivity contribution in [3.05, 3.63) is 35.4 Å². The van der Waals surface area contributed by atoms with Crippen LogP contribution in [-0.2, 0) is 10.8 Å². The second-order valence-electron chi connectivity index (χ2n) is 7.35. The lowest BCUT2D eigenvalue weighted by molar-refractivity contribution is 0.507. The predicted octanol–water partition coefficient (Wildman–Crippen LogP) is 5.04. The van der Waals surface area contributed by atoms with E-state index in [1.165, 1.54) is 11.1 Å².